The van der Waals surface area contributed by atoms with Crippen molar-refractivity contribution in [1.82, 2.24) is 10.2 Å². The van der Waals surface area contributed by atoms with Gasteiger partial charge in [-0.05, 0) is 80.5 Å². The van der Waals surface area contributed by atoms with Crippen LogP contribution in [0.15, 0.2) is 71.6 Å². The van der Waals surface area contributed by atoms with E-state index in [1.54, 1.807) is 17.0 Å². The molecule has 0 unspecified atom stereocenters. The van der Waals surface area contributed by atoms with Crippen LogP contribution in [0.25, 0.3) is 0 Å². The number of benzene rings is 3. The van der Waals surface area contributed by atoms with Gasteiger partial charge in [0.1, 0.15) is 12.6 Å². The lowest BCUT2D eigenvalue weighted by Crippen LogP contribution is -2.54. The monoisotopic (exact) mass is 635 g/mol. The smallest absolute Gasteiger partial charge is 0.264 e. The molecule has 1 aliphatic carbocycles. The van der Waals surface area contributed by atoms with Gasteiger partial charge in [0.25, 0.3) is 10.0 Å². The van der Waals surface area contributed by atoms with Gasteiger partial charge < -0.3 is 19.7 Å². The van der Waals surface area contributed by atoms with Gasteiger partial charge in [0.2, 0.25) is 11.8 Å². The molecule has 2 amide bonds. The van der Waals surface area contributed by atoms with Gasteiger partial charge in [-0.3, -0.25) is 13.9 Å². The van der Waals surface area contributed by atoms with E-state index in [9.17, 15) is 18.0 Å². The molecule has 3 aromatic carbocycles. The molecule has 10 heteroatoms. The van der Waals surface area contributed by atoms with Crippen molar-refractivity contribution < 1.29 is 27.5 Å². The SMILES string of the molecule is CC[C@H](C(=O)NC1CCCC1)N(CCc1ccccc1)C(=O)CN(c1cc(C)cc(C)c1)S(=O)(=O)c1ccc(OC)c(OC)c1. The maximum absolute atomic E-state index is 14.4. The summed E-state index contributed by atoms with van der Waals surface area (Å²) in [7, 11) is -1.35. The van der Waals surface area contributed by atoms with Gasteiger partial charge in [-0.1, -0.05) is 56.2 Å². The summed E-state index contributed by atoms with van der Waals surface area (Å²) in [5.74, 6) is -0.0184. The number of nitrogens with one attached hydrogen (secondary N) is 1. The van der Waals surface area contributed by atoms with Gasteiger partial charge >= 0.3 is 0 Å². The zero-order valence-electron chi connectivity index (χ0n) is 26.9. The molecule has 1 fully saturated rings. The Labute approximate surface area is 267 Å². The standard InChI is InChI=1S/C35H45N3O6S/c1-6-31(35(40)36-28-14-10-11-15-28)37(19-18-27-12-8-7-9-13-27)34(39)24-38(29-21-25(2)20-26(3)22-29)45(41,42)30-16-17-32(43-4)33(23-30)44-5/h7-9,12-13,16-17,20-23,28,31H,6,10-11,14-15,18-19,24H2,1-5H3,(H,36,40)/t31-/m1/s1. The van der Waals surface area contributed by atoms with Gasteiger partial charge in [0.15, 0.2) is 11.5 Å². The normalized spacial score (nSPS) is 14.1. The van der Waals surface area contributed by atoms with Gasteiger partial charge in [-0.15, -0.1) is 0 Å². The minimum absolute atomic E-state index is 0.0473. The Balaban J connectivity index is 1.73. The first-order chi connectivity index (χ1) is 21.6. The number of carbonyl (C=O) groups excluding carboxylic acids is 2. The Hall–Kier alpha value is -4.05. The lowest BCUT2D eigenvalue weighted by Gasteiger charge is -2.34. The first-order valence-electron chi connectivity index (χ1n) is 15.5. The third kappa shape index (κ3) is 8.36. The lowest BCUT2D eigenvalue weighted by molar-refractivity contribution is -0.139. The topological polar surface area (TPSA) is 105 Å². The molecule has 4 rings (SSSR count). The van der Waals surface area contributed by atoms with Crippen LogP contribution < -0.4 is 19.1 Å². The summed E-state index contributed by atoms with van der Waals surface area (Å²) in [4.78, 5) is 29.5. The van der Waals surface area contributed by atoms with Crippen molar-refractivity contribution in [3.8, 4) is 11.5 Å². The Morgan fingerprint density at radius 3 is 2.16 bits per heavy atom. The molecular weight excluding hydrogens is 590 g/mol. The van der Waals surface area contributed by atoms with Gasteiger partial charge in [-0.25, -0.2) is 8.42 Å². The molecule has 242 valence electrons. The molecule has 3 aromatic rings. The predicted octanol–water partition coefficient (Wildman–Crippen LogP) is 5.42. The molecule has 9 nitrogen and oxygen atoms in total. The van der Waals surface area contributed by atoms with Crippen LogP contribution in [0, 0.1) is 13.8 Å². The summed E-state index contributed by atoms with van der Waals surface area (Å²) in [5.41, 5.74) is 3.09. The Kier molecular flexibility index (Phi) is 11.5. The third-order valence-electron chi connectivity index (χ3n) is 8.29. The number of hydrogen-bond acceptors (Lipinski definition) is 6. The molecule has 1 saturated carbocycles. The molecule has 0 aliphatic heterocycles. The van der Waals surface area contributed by atoms with Gasteiger partial charge in [-0.2, -0.15) is 0 Å². The van der Waals surface area contributed by atoms with Crippen molar-refractivity contribution in [2.45, 2.75) is 76.3 Å². The second kappa shape index (κ2) is 15.3. The number of carbonyl (C=O) groups is 2. The molecule has 0 spiro atoms. The van der Waals surface area contributed by atoms with Crippen LogP contribution >= 0.6 is 0 Å². The molecule has 1 atom stereocenters. The number of hydrogen-bond donors (Lipinski definition) is 1. The molecular formula is C35H45N3O6S. The third-order valence-corrected chi connectivity index (χ3v) is 10.1. The fourth-order valence-electron chi connectivity index (χ4n) is 5.99. The zero-order valence-corrected chi connectivity index (χ0v) is 27.7. The highest BCUT2D eigenvalue weighted by molar-refractivity contribution is 7.92. The Bertz CT molecular complexity index is 1550. The zero-order chi connectivity index (χ0) is 32.6. The fraction of sp³-hybridized carbons (Fsp3) is 0.429. The van der Waals surface area contributed by atoms with Gasteiger partial charge in [0, 0.05) is 18.7 Å². The number of amides is 2. The van der Waals surface area contributed by atoms with Crippen LogP contribution in [-0.4, -0.2) is 64.5 Å². The van der Waals surface area contributed by atoms with Crippen molar-refractivity contribution in [2.24, 2.45) is 0 Å². The largest absolute Gasteiger partial charge is 0.493 e. The molecule has 45 heavy (non-hydrogen) atoms. The van der Waals surface area contributed by atoms with Crippen LogP contribution in [-0.2, 0) is 26.0 Å². The van der Waals surface area contributed by atoms with Crippen LogP contribution in [0.4, 0.5) is 5.69 Å². The molecule has 0 aromatic heterocycles. The summed E-state index contributed by atoms with van der Waals surface area (Å²) in [6.45, 7) is 5.42. The number of aryl methyl sites for hydroxylation is 2. The highest BCUT2D eigenvalue weighted by Gasteiger charge is 2.35. The second-order valence-electron chi connectivity index (χ2n) is 11.6. The van der Waals surface area contributed by atoms with E-state index >= 15 is 0 Å². The van der Waals surface area contributed by atoms with Crippen LogP contribution in [0.2, 0.25) is 0 Å². The predicted molar refractivity (Wildman–Crippen MR) is 176 cm³/mol. The van der Waals surface area contributed by atoms with E-state index in [0.29, 0.717) is 24.3 Å². The van der Waals surface area contributed by atoms with Crippen molar-refractivity contribution >= 4 is 27.5 Å². The van der Waals surface area contributed by atoms with Crippen molar-refractivity contribution in [1.29, 1.82) is 0 Å². The number of ether oxygens (including phenoxy) is 2. The molecule has 0 saturated heterocycles. The first kappa shape index (κ1) is 33.8. The molecule has 0 bridgehead atoms. The molecule has 0 radical (unpaired) electrons. The van der Waals surface area contributed by atoms with Crippen molar-refractivity contribution in [3.63, 3.8) is 0 Å². The van der Waals surface area contributed by atoms with Gasteiger partial charge in [0.05, 0.1) is 24.8 Å². The average Bonchev–Trinajstić information content (AvgIpc) is 3.54. The number of sulfonamides is 1. The van der Waals surface area contributed by atoms with Crippen molar-refractivity contribution in [2.75, 3.05) is 31.6 Å². The number of nitrogens with zero attached hydrogens (tertiary/aromatic N) is 2. The quantitative estimate of drug-likeness (QED) is 0.254. The van der Waals surface area contributed by atoms with E-state index in [-0.39, 0.29) is 29.1 Å². The lowest BCUT2D eigenvalue weighted by atomic mass is 10.1. The summed E-state index contributed by atoms with van der Waals surface area (Å²) >= 11 is 0. The van der Waals surface area contributed by atoms with E-state index in [1.807, 2.05) is 57.2 Å². The second-order valence-corrected chi connectivity index (χ2v) is 13.5. The minimum Gasteiger partial charge on any atom is -0.493 e. The summed E-state index contributed by atoms with van der Waals surface area (Å²) in [6.07, 6.45) is 4.89. The highest BCUT2D eigenvalue weighted by atomic mass is 32.2. The fourth-order valence-corrected chi connectivity index (χ4v) is 7.40. The summed E-state index contributed by atoms with van der Waals surface area (Å²) < 4.78 is 40.5. The maximum atomic E-state index is 14.4. The van der Waals surface area contributed by atoms with E-state index in [4.69, 9.17) is 9.47 Å². The van der Waals surface area contributed by atoms with Crippen molar-refractivity contribution in [3.05, 3.63) is 83.4 Å². The summed E-state index contributed by atoms with van der Waals surface area (Å²) in [5, 5.41) is 3.15. The maximum Gasteiger partial charge on any atom is 0.264 e. The molecule has 1 aliphatic rings. The van der Waals surface area contributed by atoms with E-state index in [0.717, 1.165) is 46.7 Å². The molecule has 1 N–H and O–H groups in total. The summed E-state index contributed by atoms with van der Waals surface area (Å²) in [6, 6.07) is 18.9. The molecule has 0 heterocycles. The number of rotatable bonds is 14. The van der Waals surface area contributed by atoms with E-state index in [1.165, 1.54) is 32.4 Å². The van der Waals surface area contributed by atoms with E-state index in [2.05, 4.69) is 5.32 Å². The average molecular weight is 636 g/mol. The Morgan fingerprint density at radius 2 is 1.56 bits per heavy atom. The number of methoxy groups -OCH3 is 2. The van der Waals surface area contributed by atoms with E-state index < -0.39 is 28.5 Å². The minimum atomic E-state index is -4.26. The van der Waals surface area contributed by atoms with Crippen LogP contribution in [0.3, 0.4) is 0 Å². The Morgan fingerprint density at radius 1 is 0.911 bits per heavy atom. The van der Waals surface area contributed by atoms with Crippen LogP contribution in [0.1, 0.15) is 55.7 Å². The highest BCUT2D eigenvalue weighted by Crippen LogP contribution is 2.33. The first-order valence-corrected chi connectivity index (χ1v) is 17.0. The number of anilines is 1. The van der Waals surface area contributed by atoms with Crippen LogP contribution in [0.5, 0.6) is 11.5 Å².